The van der Waals surface area contributed by atoms with Gasteiger partial charge in [-0.1, -0.05) is 13.8 Å². The van der Waals surface area contributed by atoms with E-state index in [4.69, 9.17) is 0 Å². The maximum absolute atomic E-state index is 12.1. The number of nitrogens with one attached hydrogen (secondary N) is 2. The van der Waals surface area contributed by atoms with Crippen LogP contribution < -0.4 is 10.9 Å². The lowest BCUT2D eigenvalue weighted by atomic mass is 10.2. The van der Waals surface area contributed by atoms with Gasteiger partial charge < -0.3 is 10.3 Å². The molecule has 2 N–H and O–H groups in total. The molecule has 0 spiro atoms. The number of hydrogen-bond donors (Lipinski definition) is 2. The highest BCUT2D eigenvalue weighted by molar-refractivity contribution is 7.18. The van der Waals surface area contributed by atoms with Crippen molar-refractivity contribution in [2.24, 2.45) is 0 Å². The average molecular weight is 265 g/mol. The molecule has 0 aliphatic rings. The highest BCUT2D eigenvalue weighted by Crippen LogP contribution is 2.26. The fourth-order valence-corrected chi connectivity index (χ4v) is 3.09. The SMILES string of the molecule is Cc1sc2nc(C(C)NC(C)C)[nH]c(=O)c2c1C. The largest absolute Gasteiger partial charge is 0.309 e. The van der Waals surface area contributed by atoms with Gasteiger partial charge in [-0.2, -0.15) is 0 Å². The molecule has 2 aromatic heterocycles. The molecule has 4 nitrogen and oxygen atoms in total. The van der Waals surface area contributed by atoms with E-state index in [1.807, 2.05) is 20.8 Å². The van der Waals surface area contributed by atoms with Crippen molar-refractivity contribution in [3.63, 3.8) is 0 Å². The van der Waals surface area contributed by atoms with Crippen LogP contribution in [0.2, 0.25) is 0 Å². The van der Waals surface area contributed by atoms with Crippen LogP contribution in [-0.2, 0) is 0 Å². The first-order valence-electron chi connectivity index (χ1n) is 6.16. The molecule has 2 heterocycles. The number of aryl methyl sites for hydroxylation is 2. The van der Waals surface area contributed by atoms with Crippen LogP contribution in [0.5, 0.6) is 0 Å². The zero-order valence-electron chi connectivity index (χ0n) is 11.4. The lowest BCUT2D eigenvalue weighted by molar-refractivity contribution is 0.487. The van der Waals surface area contributed by atoms with Crippen molar-refractivity contribution >= 4 is 21.6 Å². The van der Waals surface area contributed by atoms with Gasteiger partial charge in [0.1, 0.15) is 10.7 Å². The predicted molar refractivity (Wildman–Crippen MR) is 76.4 cm³/mol. The Balaban J connectivity index is 2.53. The topological polar surface area (TPSA) is 57.8 Å². The predicted octanol–water partition coefficient (Wildman–Crippen LogP) is 2.66. The number of aromatic amines is 1. The van der Waals surface area contributed by atoms with Gasteiger partial charge in [-0.25, -0.2) is 4.98 Å². The van der Waals surface area contributed by atoms with E-state index in [1.165, 1.54) is 0 Å². The number of fused-ring (bicyclic) bond motifs is 1. The fraction of sp³-hybridized carbons (Fsp3) is 0.538. The quantitative estimate of drug-likeness (QED) is 0.897. The van der Waals surface area contributed by atoms with Crippen LogP contribution in [0.4, 0.5) is 0 Å². The lowest BCUT2D eigenvalue weighted by Gasteiger charge is -2.15. The van der Waals surface area contributed by atoms with E-state index in [0.717, 1.165) is 20.7 Å². The highest BCUT2D eigenvalue weighted by atomic mass is 32.1. The van der Waals surface area contributed by atoms with Crippen LogP contribution in [-0.4, -0.2) is 16.0 Å². The van der Waals surface area contributed by atoms with E-state index in [2.05, 4.69) is 29.1 Å². The molecule has 2 rings (SSSR count). The van der Waals surface area contributed by atoms with Crippen molar-refractivity contribution in [1.29, 1.82) is 0 Å². The zero-order chi connectivity index (χ0) is 13.4. The van der Waals surface area contributed by atoms with Crippen LogP contribution in [0.15, 0.2) is 4.79 Å². The van der Waals surface area contributed by atoms with E-state index in [0.29, 0.717) is 11.9 Å². The first-order valence-corrected chi connectivity index (χ1v) is 6.97. The first kappa shape index (κ1) is 13.2. The third-order valence-electron chi connectivity index (χ3n) is 3.05. The molecule has 18 heavy (non-hydrogen) atoms. The Morgan fingerprint density at radius 3 is 2.56 bits per heavy atom. The lowest BCUT2D eigenvalue weighted by Crippen LogP contribution is -2.29. The summed E-state index contributed by atoms with van der Waals surface area (Å²) >= 11 is 1.58. The standard InChI is InChI=1S/C13H19N3OS/c1-6(2)14-8(4)11-15-12(17)10-7(3)9(5)18-13(10)16-11/h6,8,14H,1-5H3,(H,15,16,17). The Morgan fingerprint density at radius 1 is 1.28 bits per heavy atom. The molecule has 0 bridgehead atoms. The minimum Gasteiger partial charge on any atom is -0.309 e. The summed E-state index contributed by atoms with van der Waals surface area (Å²) in [5.41, 5.74) is 1.01. The number of H-pyrrole nitrogens is 1. The molecule has 1 atom stereocenters. The van der Waals surface area contributed by atoms with Gasteiger partial charge in [-0.3, -0.25) is 4.79 Å². The van der Waals surface area contributed by atoms with Crippen molar-refractivity contribution in [2.45, 2.75) is 46.7 Å². The van der Waals surface area contributed by atoms with Crippen molar-refractivity contribution in [2.75, 3.05) is 0 Å². The summed E-state index contributed by atoms with van der Waals surface area (Å²) in [6, 6.07) is 0.401. The van der Waals surface area contributed by atoms with Crippen LogP contribution in [0.1, 0.15) is 43.1 Å². The van der Waals surface area contributed by atoms with Gasteiger partial charge in [0.05, 0.1) is 11.4 Å². The number of hydrogen-bond acceptors (Lipinski definition) is 4. The summed E-state index contributed by atoms with van der Waals surface area (Å²) in [6.07, 6.45) is 0. The van der Waals surface area contributed by atoms with E-state index >= 15 is 0 Å². The van der Waals surface area contributed by atoms with Gasteiger partial charge in [0.15, 0.2) is 0 Å². The Morgan fingerprint density at radius 2 is 1.94 bits per heavy atom. The Bertz CT molecular complexity index is 627. The molecule has 0 radical (unpaired) electrons. The highest BCUT2D eigenvalue weighted by Gasteiger charge is 2.15. The minimum absolute atomic E-state index is 0.0331. The summed E-state index contributed by atoms with van der Waals surface area (Å²) in [5.74, 6) is 0.711. The number of rotatable bonds is 3. The van der Waals surface area contributed by atoms with E-state index in [9.17, 15) is 4.79 Å². The molecule has 5 heteroatoms. The average Bonchev–Trinajstić information content (AvgIpc) is 2.54. The first-order chi connectivity index (χ1) is 8.40. The molecule has 0 aromatic carbocycles. The summed E-state index contributed by atoms with van der Waals surface area (Å²) in [4.78, 5) is 21.6. The second kappa shape index (κ2) is 4.82. The Hall–Kier alpha value is -1.20. The normalized spacial score (nSPS) is 13.4. The van der Waals surface area contributed by atoms with Gasteiger partial charge in [-0.05, 0) is 26.3 Å². The summed E-state index contributed by atoms with van der Waals surface area (Å²) in [6.45, 7) is 10.2. The Labute approximate surface area is 110 Å². The molecule has 0 saturated heterocycles. The summed E-state index contributed by atoms with van der Waals surface area (Å²) in [5, 5.41) is 4.08. The Kier molecular flexibility index (Phi) is 3.54. The minimum atomic E-state index is -0.0331. The van der Waals surface area contributed by atoms with Crippen molar-refractivity contribution in [1.82, 2.24) is 15.3 Å². The number of nitrogens with zero attached hydrogens (tertiary/aromatic N) is 1. The smallest absolute Gasteiger partial charge is 0.259 e. The van der Waals surface area contributed by atoms with Crippen molar-refractivity contribution < 1.29 is 0 Å². The van der Waals surface area contributed by atoms with Gasteiger partial charge in [0.25, 0.3) is 5.56 Å². The van der Waals surface area contributed by atoms with Crippen LogP contribution >= 0.6 is 11.3 Å². The molecule has 0 saturated carbocycles. The van der Waals surface area contributed by atoms with Gasteiger partial charge in [0.2, 0.25) is 0 Å². The molecular weight excluding hydrogens is 246 g/mol. The van der Waals surface area contributed by atoms with Crippen molar-refractivity contribution in [3.05, 3.63) is 26.6 Å². The maximum Gasteiger partial charge on any atom is 0.259 e. The molecule has 2 aromatic rings. The monoisotopic (exact) mass is 265 g/mol. The number of thiophene rings is 1. The van der Waals surface area contributed by atoms with Crippen LogP contribution in [0.25, 0.3) is 10.2 Å². The maximum atomic E-state index is 12.1. The molecule has 0 fully saturated rings. The van der Waals surface area contributed by atoms with Crippen LogP contribution in [0.3, 0.4) is 0 Å². The molecular formula is C13H19N3OS. The fourth-order valence-electron chi connectivity index (χ4n) is 2.06. The van der Waals surface area contributed by atoms with Crippen LogP contribution in [0, 0.1) is 13.8 Å². The zero-order valence-corrected chi connectivity index (χ0v) is 12.2. The molecule has 0 amide bonds. The molecule has 0 aliphatic carbocycles. The second-order valence-electron chi connectivity index (χ2n) is 4.96. The third kappa shape index (κ3) is 2.33. The van der Waals surface area contributed by atoms with Gasteiger partial charge in [0, 0.05) is 10.9 Å². The van der Waals surface area contributed by atoms with Crippen molar-refractivity contribution in [3.8, 4) is 0 Å². The third-order valence-corrected chi connectivity index (χ3v) is 4.15. The molecule has 0 aliphatic heterocycles. The van der Waals surface area contributed by atoms with E-state index in [1.54, 1.807) is 11.3 Å². The summed E-state index contributed by atoms with van der Waals surface area (Å²) in [7, 11) is 0. The van der Waals surface area contributed by atoms with Gasteiger partial charge in [-0.15, -0.1) is 11.3 Å². The molecule has 1 unspecified atom stereocenters. The van der Waals surface area contributed by atoms with E-state index in [-0.39, 0.29) is 11.6 Å². The number of aromatic nitrogens is 2. The molecule has 98 valence electrons. The van der Waals surface area contributed by atoms with Gasteiger partial charge >= 0.3 is 0 Å². The van der Waals surface area contributed by atoms with E-state index < -0.39 is 0 Å². The summed E-state index contributed by atoms with van der Waals surface area (Å²) < 4.78 is 0. The second-order valence-corrected chi connectivity index (χ2v) is 6.16.